The predicted octanol–water partition coefficient (Wildman–Crippen LogP) is 0.426. The van der Waals surface area contributed by atoms with Crippen LogP contribution < -0.4 is 5.73 Å². The molecular formula is C11H18N2O2S. The maximum Gasteiger partial charge on any atom is 0.235 e. The lowest BCUT2D eigenvalue weighted by atomic mass is 9.67. The van der Waals surface area contributed by atoms with Crippen molar-refractivity contribution in [1.82, 2.24) is 4.90 Å². The summed E-state index contributed by atoms with van der Waals surface area (Å²) in [5.41, 5.74) is 4.34. The zero-order chi connectivity index (χ0) is 12.0. The number of carbonyl (C=O) groups excluding carboxylic acids is 1. The number of β-amino-alcohol motifs (C(OH)–C–C–N with tert-alkyl or cyclic N) is 1. The predicted molar refractivity (Wildman–Crippen MR) is 64.9 cm³/mol. The number of amides is 1. The molecule has 1 heterocycles. The molecule has 1 atom stereocenters. The summed E-state index contributed by atoms with van der Waals surface area (Å²) < 4.78 is 0. The lowest BCUT2D eigenvalue weighted by Crippen LogP contribution is -2.54. The first kappa shape index (κ1) is 11.8. The minimum atomic E-state index is -0.753. The first-order chi connectivity index (χ1) is 7.37. The molecule has 0 aromatic heterocycles. The van der Waals surface area contributed by atoms with Crippen molar-refractivity contribution < 1.29 is 9.90 Å². The Morgan fingerprint density at radius 3 is 2.38 bits per heavy atom. The molecule has 0 aromatic carbocycles. The molecule has 4 nitrogen and oxygen atoms in total. The highest BCUT2D eigenvalue weighted by atomic mass is 32.1. The Kier molecular flexibility index (Phi) is 2.70. The van der Waals surface area contributed by atoms with Crippen LogP contribution in [0.15, 0.2) is 0 Å². The molecule has 1 aliphatic heterocycles. The molecule has 2 rings (SSSR count). The Bertz CT molecular complexity index is 337. The van der Waals surface area contributed by atoms with Crippen molar-refractivity contribution in [2.24, 2.45) is 11.1 Å². The average Bonchev–Trinajstić information content (AvgIpc) is 2.43. The van der Waals surface area contributed by atoms with Gasteiger partial charge in [0.25, 0.3) is 0 Å². The number of likely N-dealkylation sites (tertiary alicyclic amines) is 1. The number of nitrogens with two attached hydrogens (primary N) is 1. The second kappa shape index (κ2) is 3.67. The SMILES string of the molecule is CC1(O)CCN(C(=O)C2(C(N)=S)CCC2)C1. The van der Waals surface area contributed by atoms with E-state index in [1.807, 2.05) is 0 Å². The van der Waals surface area contributed by atoms with Crippen molar-refractivity contribution in [3.8, 4) is 0 Å². The van der Waals surface area contributed by atoms with E-state index in [0.29, 0.717) is 24.5 Å². The molecule has 3 N–H and O–H groups in total. The highest BCUT2D eigenvalue weighted by Gasteiger charge is 2.50. The Morgan fingerprint density at radius 2 is 2.06 bits per heavy atom. The molecule has 1 saturated carbocycles. The van der Waals surface area contributed by atoms with Gasteiger partial charge in [-0.1, -0.05) is 18.6 Å². The molecule has 0 aromatic rings. The molecule has 2 aliphatic rings. The van der Waals surface area contributed by atoms with E-state index < -0.39 is 11.0 Å². The number of hydrogen-bond donors (Lipinski definition) is 2. The number of aliphatic hydroxyl groups is 1. The van der Waals surface area contributed by atoms with Gasteiger partial charge in [0.1, 0.15) is 0 Å². The van der Waals surface area contributed by atoms with Gasteiger partial charge in [-0.3, -0.25) is 4.79 Å². The van der Waals surface area contributed by atoms with E-state index in [4.69, 9.17) is 18.0 Å². The van der Waals surface area contributed by atoms with Gasteiger partial charge in [-0.05, 0) is 26.2 Å². The smallest absolute Gasteiger partial charge is 0.235 e. The number of rotatable bonds is 2. The molecular weight excluding hydrogens is 224 g/mol. The van der Waals surface area contributed by atoms with E-state index in [1.54, 1.807) is 11.8 Å². The van der Waals surface area contributed by atoms with Gasteiger partial charge >= 0.3 is 0 Å². The van der Waals surface area contributed by atoms with Crippen molar-refractivity contribution in [1.29, 1.82) is 0 Å². The molecule has 0 bridgehead atoms. The van der Waals surface area contributed by atoms with Gasteiger partial charge in [0.2, 0.25) is 5.91 Å². The minimum absolute atomic E-state index is 0.0176. The molecule has 5 heteroatoms. The highest BCUT2D eigenvalue weighted by Crippen LogP contribution is 2.43. The van der Waals surface area contributed by atoms with Crippen molar-refractivity contribution >= 4 is 23.1 Å². The van der Waals surface area contributed by atoms with Crippen LogP contribution in [0.2, 0.25) is 0 Å². The molecule has 90 valence electrons. The van der Waals surface area contributed by atoms with Crippen LogP contribution in [0, 0.1) is 5.41 Å². The fraction of sp³-hybridized carbons (Fsp3) is 0.818. The molecule has 1 amide bonds. The Morgan fingerprint density at radius 1 is 1.44 bits per heavy atom. The third-order valence-corrected chi connectivity index (χ3v) is 4.22. The van der Waals surface area contributed by atoms with E-state index in [0.717, 1.165) is 19.3 Å². The maximum absolute atomic E-state index is 12.3. The summed E-state index contributed by atoms with van der Waals surface area (Å²) in [5, 5.41) is 9.85. The molecule has 1 saturated heterocycles. The van der Waals surface area contributed by atoms with Crippen LogP contribution in [-0.2, 0) is 4.79 Å². The molecule has 0 radical (unpaired) electrons. The van der Waals surface area contributed by atoms with E-state index in [2.05, 4.69) is 0 Å². The van der Waals surface area contributed by atoms with Crippen LogP contribution in [-0.4, -0.2) is 39.6 Å². The number of nitrogens with zero attached hydrogens (tertiary/aromatic N) is 1. The summed E-state index contributed by atoms with van der Waals surface area (Å²) in [6.07, 6.45) is 3.17. The van der Waals surface area contributed by atoms with Gasteiger partial charge in [0, 0.05) is 13.1 Å². The molecule has 1 unspecified atom stereocenters. The number of carbonyl (C=O) groups is 1. The van der Waals surface area contributed by atoms with Gasteiger partial charge in [0.15, 0.2) is 0 Å². The van der Waals surface area contributed by atoms with E-state index in [9.17, 15) is 9.90 Å². The van der Waals surface area contributed by atoms with Crippen molar-refractivity contribution in [3.05, 3.63) is 0 Å². The fourth-order valence-corrected chi connectivity index (χ4v) is 2.81. The van der Waals surface area contributed by atoms with E-state index in [1.165, 1.54) is 0 Å². The summed E-state index contributed by atoms with van der Waals surface area (Å²) in [4.78, 5) is 14.3. The van der Waals surface area contributed by atoms with E-state index >= 15 is 0 Å². The van der Waals surface area contributed by atoms with Crippen LogP contribution in [0.5, 0.6) is 0 Å². The zero-order valence-electron chi connectivity index (χ0n) is 9.53. The lowest BCUT2D eigenvalue weighted by Gasteiger charge is -2.41. The summed E-state index contributed by atoms with van der Waals surface area (Å²) >= 11 is 5.02. The Labute approximate surface area is 101 Å². The second-order valence-electron chi connectivity index (χ2n) is 5.27. The van der Waals surface area contributed by atoms with Crippen LogP contribution in [0.4, 0.5) is 0 Å². The normalized spacial score (nSPS) is 32.2. The number of thiocarbonyl (C=S) groups is 1. The van der Waals surface area contributed by atoms with Crippen LogP contribution >= 0.6 is 12.2 Å². The number of hydrogen-bond acceptors (Lipinski definition) is 3. The third kappa shape index (κ3) is 1.72. The highest BCUT2D eigenvalue weighted by molar-refractivity contribution is 7.80. The second-order valence-corrected chi connectivity index (χ2v) is 5.71. The molecule has 1 aliphatic carbocycles. The van der Waals surface area contributed by atoms with Crippen LogP contribution in [0.3, 0.4) is 0 Å². The summed E-state index contributed by atoms with van der Waals surface area (Å²) in [6.45, 7) is 2.76. The van der Waals surface area contributed by atoms with Crippen molar-refractivity contribution in [2.75, 3.05) is 13.1 Å². The van der Waals surface area contributed by atoms with Gasteiger partial charge in [-0.25, -0.2) is 0 Å². The van der Waals surface area contributed by atoms with Crippen molar-refractivity contribution in [2.45, 2.75) is 38.2 Å². The minimum Gasteiger partial charge on any atom is -0.392 e. The van der Waals surface area contributed by atoms with Gasteiger partial charge in [-0.2, -0.15) is 0 Å². The Hall–Kier alpha value is -0.680. The zero-order valence-corrected chi connectivity index (χ0v) is 10.3. The van der Waals surface area contributed by atoms with Crippen LogP contribution in [0.25, 0.3) is 0 Å². The van der Waals surface area contributed by atoms with Crippen molar-refractivity contribution in [3.63, 3.8) is 0 Å². The summed E-state index contributed by atoms with van der Waals surface area (Å²) in [5.74, 6) is 0.0176. The maximum atomic E-state index is 12.3. The van der Waals surface area contributed by atoms with Gasteiger partial charge in [0.05, 0.1) is 16.0 Å². The van der Waals surface area contributed by atoms with Gasteiger partial charge < -0.3 is 15.7 Å². The molecule has 0 spiro atoms. The first-order valence-corrected chi connectivity index (χ1v) is 6.10. The topological polar surface area (TPSA) is 66.6 Å². The summed E-state index contributed by atoms with van der Waals surface area (Å²) in [6, 6.07) is 0. The average molecular weight is 242 g/mol. The third-order valence-electron chi connectivity index (χ3n) is 3.83. The Balaban J connectivity index is 2.11. The van der Waals surface area contributed by atoms with Crippen LogP contribution in [0.1, 0.15) is 32.6 Å². The monoisotopic (exact) mass is 242 g/mol. The first-order valence-electron chi connectivity index (χ1n) is 5.69. The fourth-order valence-electron chi connectivity index (χ4n) is 2.52. The summed E-state index contributed by atoms with van der Waals surface area (Å²) in [7, 11) is 0. The standard InChI is InChI=1S/C11H18N2O2S/c1-10(15)5-6-13(7-10)9(14)11(8(12)16)3-2-4-11/h15H,2-7H2,1H3,(H2,12,16). The van der Waals surface area contributed by atoms with E-state index in [-0.39, 0.29) is 5.91 Å². The lowest BCUT2D eigenvalue weighted by molar-refractivity contribution is -0.141. The quantitative estimate of drug-likeness (QED) is 0.689. The largest absolute Gasteiger partial charge is 0.392 e. The molecule has 2 fully saturated rings. The molecule has 16 heavy (non-hydrogen) atoms. The van der Waals surface area contributed by atoms with Gasteiger partial charge in [-0.15, -0.1) is 0 Å².